The summed E-state index contributed by atoms with van der Waals surface area (Å²) in [5.74, 6) is 0.474. The molecule has 122 valence electrons. The van der Waals surface area contributed by atoms with Crippen molar-refractivity contribution in [1.82, 2.24) is 0 Å². The number of hydrogen-bond acceptors (Lipinski definition) is 1. The predicted octanol–water partition coefficient (Wildman–Crippen LogP) is 6.44. The van der Waals surface area contributed by atoms with E-state index in [9.17, 15) is 4.79 Å². The monoisotopic (exact) mass is 400 g/mol. The molecule has 0 heterocycles. The Hall–Kier alpha value is 0.209. The van der Waals surface area contributed by atoms with Gasteiger partial charge in [-0.2, -0.15) is 0 Å². The molecular weight excluding hydrogens is 363 g/mol. The Morgan fingerprint density at radius 1 is 0.857 bits per heavy atom. The van der Waals surface area contributed by atoms with Crippen molar-refractivity contribution in [2.75, 3.05) is 0 Å². The average molecular weight is 399 g/mol. The zero-order valence-electron chi connectivity index (χ0n) is 14.9. The third kappa shape index (κ3) is 5.41. The van der Waals surface area contributed by atoms with Crippen molar-refractivity contribution in [3.8, 4) is 0 Å². The molecule has 0 bridgehead atoms. The Kier molecular flexibility index (Phi) is 9.24. The molecule has 1 nitrogen and oxygen atoms in total. The summed E-state index contributed by atoms with van der Waals surface area (Å²) in [7, 11) is 0. The molecule has 1 aliphatic carbocycles. The van der Waals surface area contributed by atoms with Crippen LogP contribution in [0.25, 0.3) is 0 Å². The van der Waals surface area contributed by atoms with Gasteiger partial charge in [-0.25, -0.2) is 0 Å². The normalized spacial score (nSPS) is 16.7. The van der Waals surface area contributed by atoms with Gasteiger partial charge in [-0.1, -0.05) is 0 Å². The van der Waals surface area contributed by atoms with Crippen LogP contribution in [0.2, 0.25) is 13.3 Å². The molecule has 0 aliphatic heterocycles. The number of hydrogen-bond donors (Lipinski definition) is 0. The van der Waals surface area contributed by atoms with Crippen LogP contribution in [0.5, 0.6) is 0 Å². The van der Waals surface area contributed by atoms with E-state index in [1.807, 2.05) is 0 Å². The van der Waals surface area contributed by atoms with Gasteiger partial charge in [0.15, 0.2) is 0 Å². The standard InChI is InChI=1S/C7H9O.3C4H9.Sn/c1-6-4-2-3-5-7(6)8;3*1-3-4-2;/h2-3,5H2,1H3;3*1,3-4H2,2H3;. The van der Waals surface area contributed by atoms with E-state index in [2.05, 4.69) is 27.7 Å². The van der Waals surface area contributed by atoms with E-state index in [1.54, 1.807) is 3.59 Å². The van der Waals surface area contributed by atoms with E-state index in [0.717, 1.165) is 12.8 Å². The molecule has 21 heavy (non-hydrogen) atoms. The number of rotatable bonds is 10. The first-order chi connectivity index (χ1) is 10.1. The van der Waals surface area contributed by atoms with Gasteiger partial charge in [-0.3, -0.25) is 0 Å². The van der Waals surface area contributed by atoms with Crippen molar-refractivity contribution in [2.24, 2.45) is 0 Å². The van der Waals surface area contributed by atoms with Gasteiger partial charge in [0.05, 0.1) is 0 Å². The molecule has 0 saturated carbocycles. The molecule has 0 spiro atoms. The van der Waals surface area contributed by atoms with Crippen LogP contribution >= 0.6 is 0 Å². The van der Waals surface area contributed by atoms with Crippen molar-refractivity contribution in [2.45, 2.75) is 98.8 Å². The number of ketones is 1. The first kappa shape index (κ1) is 19.3. The summed E-state index contributed by atoms with van der Waals surface area (Å²) in [4.78, 5) is 12.2. The topological polar surface area (TPSA) is 17.1 Å². The van der Waals surface area contributed by atoms with Gasteiger partial charge in [-0.15, -0.1) is 0 Å². The van der Waals surface area contributed by atoms with Crippen LogP contribution in [0, 0.1) is 0 Å². The zero-order chi connectivity index (χ0) is 15.7. The van der Waals surface area contributed by atoms with Gasteiger partial charge in [0.1, 0.15) is 0 Å². The van der Waals surface area contributed by atoms with Crippen molar-refractivity contribution in [1.29, 1.82) is 0 Å². The second-order valence-electron chi connectivity index (χ2n) is 6.97. The minimum atomic E-state index is -2.29. The van der Waals surface area contributed by atoms with Gasteiger partial charge in [0.25, 0.3) is 0 Å². The molecule has 1 rings (SSSR count). The van der Waals surface area contributed by atoms with E-state index in [-0.39, 0.29) is 0 Å². The van der Waals surface area contributed by atoms with Gasteiger partial charge >= 0.3 is 137 Å². The summed E-state index contributed by atoms with van der Waals surface area (Å²) in [6.45, 7) is 9.13. The van der Waals surface area contributed by atoms with E-state index >= 15 is 0 Å². The quantitative estimate of drug-likeness (QED) is 0.386. The molecule has 0 aromatic rings. The molecular formula is C19H36OSn. The second-order valence-corrected chi connectivity index (χ2v) is 20.3. The zero-order valence-corrected chi connectivity index (χ0v) is 17.7. The Balaban J connectivity index is 3.10. The van der Waals surface area contributed by atoms with E-state index in [0.29, 0.717) is 5.78 Å². The molecule has 0 amide bonds. The van der Waals surface area contributed by atoms with Crippen molar-refractivity contribution in [3.05, 3.63) is 9.16 Å². The maximum absolute atomic E-state index is 12.2. The van der Waals surface area contributed by atoms with Crippen molar-refractivity contribution >= 4 is 24.2 Å². The molecule has 0 aromatic heterocycles. The van der Waals surface area contributed by atoms with Crippen LogP contribution in [-0.4, -0.2) is 24.2 Å². The number of Topliss-reactive ketones (excluding diaryl/α,β-unsaturated/α-hetero) is 1. The SMILES string of the molecule is CCC[CH2][Sn]([CH2]CCC)([CH2]CCC)[C]1=C(C)C(=O)CCC1. The fourth-order valence-electron chi connectivity index (χ4n) is 4.01. The maximum atomic E-state index is 12.2. The Morgan fingerprint density at radius 3 is 1.76 bits per heavy atom. The van der Waals surface area contributed by atoms with E-state index < -0.39 is 18.4 Å². The van der Waals surface area contributed by atoms with Crippen molar-refractivity contribution < 1.29 is 4.79 Å². The van der Waals surface area contributed by atoms with Gasteiger partial charge < -0.3 is 0 Å². The summed E-state index contributed by atoms with van der Waals surface area (Å²) in [6.07, 6.45) is 11.4. The summed E-state index contributed by atoms with van der Waals surface area (Å²) in [5.41, 5.74) is 1.22. The first-order valence-corrected chi connectivity index (χ1v) is 16.8. The van der Waals surface area contributed by atoms with Crippen LogP contribution in [0.1, 0.15) is 85.5 Å². The fourth-order valence-corrected chi connectivity index (χ4v) is 22.2. The summed E-state index contributed by atoms with van der Waals surface area (Å²) >= 11 is -2.29. The molecule has 0 radical (unpaired) electrons. The van der Waals surface area contributed by atoms with Crippen LogP contribution in [0.3, 0.4) is 0 Å². The minimum absolute atomic E-state index is 0.474. The Labute approximate surface area is 136 Å². The Morgan fingerprint density at radius 2 is 1.33 bits per heavy atom. The number of carbonyl (C=O) groups is 1. The number of unbranched alkanes of at least 4 members (excludes halogenated alkanes) is 3. The van der Waals surface area contributed by atoms with Crippen LogP contribution in [-0.2, 0) is 4.79 Å². The molecule has 1 aliphatic rings. The third-order valence-electron chi connectivity index (χ3n) is 5.37. The molecule has 0 N–H and O–H groups in total. The fraction of sp³-hybridized carbons (Fsp3) is 0.842. The molecule has 0 atom stereocenters. The predicted molar refractivity (Wildman–Crippen MR) is 96.5 cm³/mol. The molecule has 0 unspecified atom stereocenters. The van der Waals surface area contributed by atoms with Crippen LogP contribution < -0.4 is 0 Å². The number of allylic oxidation sites excluding steroid dienone is 2. The van der Waals surface area contributed by atoms with Gasteiger partial charge in [0.2, 0.25) is 0 Å². The Bertz CT molecular complexity index is 335. The molecule has 0 fully saturated rings. The van der Waals surface area contributed by atoms with E-state index in [1.165, 1.54) is 63.8 Å². The van der Waals surface area contributed by atoms with E-state index in [4.69, 9.17) is 0 Å². The summed E-state index contributed by atoms with van der Waals surface area (Å²) in [5, 5.41) is 0. The molecule has 2 heteroatoms. The van der Waals surface area contributed by atoms with Crippen molar-refractivity contribution in [3.63, 3.8) is 0 Å². The van der Waals surface area contributed by atoms with Gasteiger partial charge in [0, 0.05) is 0 Å². The summed E-state index contributed by atoms with van der Waals surface area (Å²) < 4.78 is 6.28. The average Bonchev–Trinajstić information content (AvgIpc) is 2.50. The first-order valence-electron chi connectivity index (χ1n) is 9.34. The molecule has 0 saturated heterocycles. The van der Waals surface area contributed by atoms with Gasteiger partial charge in [-0.05, 0) is 0 Å². The second kappa shape index (κ2) is 10.1. The van der Waals surface area contributed by atoms with Crippen LogP contribution in [0.15, 0.2) is 9.16 Å². The third-order valence-corrected chi connectivity index (χ3v) is 22.0. The van der Waals surface area contributed by atoms with Crippen LogP contribution in [0.4, 0.5) is 0 Å². The summed E-state index contributed by atoms with van der Waals surface area (Å²) in [6, 6.07) is 0. The number of carbonyl (C=O) groups excluding carboxylic acids is 1. The molecule has 0 aromatic carbocycles.